The maximum Gasteiger partial charge on any atom is 0.0468 e. The van der Waals surface area contributed by atoms with E-state index < -0.39 is 0 Å². The molecular formula is C70H49NS. The summed E-state index contributed by atoms with van der Waals surface area (Å²) in [6, 6.07) is 85.0. The van der Waals surface area contributed by atoms with Crippen molar-refractivity contribution in [3.63, 3.8) is 0 Å². The minimum Gasteiger partial charge on any atom is -0.310 e. The molecule has 0 atom stereocenters. The third-order valence-electron chi connectivity index (χ3n) is 16.6. The van der Waals surface area contributed by atoms with Crippen LogP contribution in [0.5, 0.6) is 0 Å². The number of fused-ring (bicyclic) bond motifs is 13. The van der Waals surface area contributed by atoms with E-state index in [-0.39, 0.29) is 10.8 Å². The zero-order valence-electron chi connectivity index (χ0n) is 40.7. The highest BCUT2D eigenvalue weighted by molar-refractivity contribution is 7.26. The fourth-order valence-electron chi connectivity index (χ4n) is 13.1. The molecule has 2 aliphatic carbocycles. The molecule has 340 valence electrons. The molecule has 0 aliphatic heterocycles. The summed E-state index contributed by atoms with van der Waals surface area (Å²) in [6.45, 7) is 9.51. The van der Waals surface area contributed by atoms with Crippen LogP contribution in [0.25, 0.3) is 108 Å². The molecule has 2 heteroatoms. The molecule has 0 fully saturated rings. The number of rotatable bonds is 5. The van der Waals surface area contributed by atoms with Crippen molar-refractivity contribution in [3.8, 4) is 44.5 Å². The van der Waals surface area contributed by atoms with Gasteiger partial charge in [-0.15, -0.1) is 11.3 Å². The lowest BCUT2D eigenvalue weighted by atomic mass is 9.82. The van der Waals surface area contributed by atoms with E-state index in [0.29, 0.717) is 0 Å². The standard InChI is InChI=1S/C70H49NS/c1-69(2)60-24-12-9-18-50(60)52-34-32-48(40-62(52)69)71(49-33-35-53-51-19-10-13-25-61(51)70(3,4)63(53)41-49)47-31-30-44-36-46(29-28-45(44)37-47)66-54-20-7-8-21-55(54)67(59-39-43-17-6-5-16-42(43)38-58(59)66)57-23-15-27-65-68(57)56-22-11-14-26-64(56)72-65/h5-41H,1-4H3. The molecule has 0 amide bonds. The van der Waals surface area contributed by atoms with Gasteiger partial charge in [-0.3, -0.25) is 0 Å². The van der Waals surface area contributed by atoms with Gasteiger partial charge in [0.05, 0.1) is 0 Å². The highest BCUT2D eigenvalue weighted by Gasteiger charge is 2.38. The van der Waals surface area contributed by atoms with Crippen molar-refractivity contribution < 1.29 is 0 Å². The van der Waals surface area contributed by atoms with Crippen LogP contribution in [0.4, 0.5) is 17.1 Å². The van der Waals surface area contributed by atoms with Gasteiger partial charge < -0.3 is 4.90 Å². The van der Waals surface area contributed by atoms with Crippen LogP contribution < -0.4 is 4.90 Å². The average molecular weight is 936 g/mol. The minimum absolute atomic E-state index is 0.126. The van der Waals surface area contributed by atoms with Gasteiger partial charge in [0.15, 0.2) is 0 Å². The summed E-state index contributed by atoms with van der Waals surface area (Å²) < 4.78 is 2.64. The molecular weight excluding hydrogens is 887 g/mol. The van der Waals surface area contributed by atoms with Gasteiger partial charge in [0.2, 0.25) is 0 Å². The number of anilines is 3. The fraction of sp³-hybridized carbons (Fsp3) is 0.0857. The van der Waals surface area contributed by atoms with Crippen molar-refractivity contribution in [1.82, 2.24) is 0 Å². The number of hydrogen-bond acceptors (Lipinski definition) is 2. The van der Waals surface area contributed by atoms with Crippen molar-refractivity contribution in [2.45, 2.75) is 38.5 Å². The topological polar surface area (TPSA) is 3.24 Å². The van der Waals surface area contributed by atoms with Crippen molar-refractivity contribution in [2.75, 3.05) is 4.90 Å². The Kier molecular flexibility index (Phi) is 8.70. The summed E-state index contributed by atoms with van der Waals surface area (Å²) >= 11 is 1.89. The summed E-state index contributed by atoms with van der Waals surface area (Å²) in [5, 5.41) is 12.6. The molecule has 1 heterocycles. The molecule has 1 nitrogen and oxygen atoms in total. The van der Waals surface area contributed by atoms with Crippen molar-refractivity contribution in [2.24, 2.45) is 0 Å². The molecule has 2 aliphatic rings. The Bertz CT molecular complexity index is 4360. The van der Waals surface area contributed by atoms with Crippen LogP contribution in [0.1, 0.15) is 49.9 Å². The number of nitrogens with zero attached hydrogens (tertiary/aromatic N) is 1. The molecule has 0 saturated carbocycles. The Morgan fingerprint density at radius 3 is 1.43 bits per heavy atom. The van der Waals surface area contributed by atoms with Gasteiger partial charge in [0, 0.05) is 48.1 Å². The smallest absolute Gasteiger partial charge is 0.0468 e. The third-order valence-corrected chi connectivity index (χ3v) is 17.7. The molecule has 1 aromatic heterocycles. The normalized spacial score (nSPS) is 14.1. The van der Waals surface area contributed by atoms with Crippen LogP contribution in [0, 0.1) is 0 Å². The second kappa shape index (κ2) is 15.1. The largest absolute Gasteiger partial charge is 0.310 e. The average Bonchev–Trinajstić information content (AvgIpc) is 3.99. The molecule has 0 saturated heterocycles. The van der Waals surface area contributed by atoms with E-state index in [9.17, 15) is 0 Å². The second-order valence-corrected chi connectivity index (χ2v) is 22.3. The van der Waals surface area contributed by atoms with Crippen molar-refractivity contribution >= 4 is 91.7 Å². The maximum atomic E-state index is 2.49. The van der Waals surface area contributed by atoms with E-state index in [4.69, 9.17) is 0 Å². The van der Waals surface area contributed by atoms with E-state index in [1.165, 1.54) is 130 Å². The van der Waals surface area contributed by atoms with E-state index in [1.54, 1.807) is 0 Å². The number of benzene rings is 12. The predicted octanol–water partition coefficient (Wildman–Crippen LogP) is 20.1. The zero-order valence-corrected chi connectivity index (χ0v) is 41.5. The Hall–Kier alpha value is -8.30. The molecule has 12 aromatic carbocycles. The Morgan fingerprint density at radius 2 is 0.764 bits per heavy atom. The molecule has 0 N–H and O–H groups in total. The lowest BCUT2D eigenvalue weighted by Crippen LogP contribution is -2.18. The SMILES string of the molecule is CC1(C)c2ccccc2-c2ccc(N(c3ccc4c(c3)C(C)(C)c3ccccc3-4)c3ccc4cc(-c5c6ccccc6c(-c6cccc7sc8ccccc8c67)c6cc7ccccc7cc56)ccc4c3)cc21. The summed E-state index contributed by atoms with van der Waals surface area (Å²) in [7, 11) is 0. The van der Waals surface area contributed by atoms with Crippen LogP contribution in [-0.4, -0.2) is 0 Å². The summed E-state index contributed by atoms with van der Waals surface area (Å²) in [5.41, 5.74) is 19.1. The molecule has 0 bridgehead atoms. The van der Waals surface area contributed by atoms with E-state index in [2.05, 4.69) is 257 Å². The first-order chi connectivity index (χ1) is 35.2. The minimum atomic E-state index is -0.126. The molecule has 0 unspecified atom stereocenters. The Morgan fingerprint density at radius 1 is 0.306 bits per heavy atom. The lowest BCUT2D eigenvalue weighted by Gasteiger charge is -2.30. The monoisotopic (exact) mass is 935 g/mol. The first kappa shape index (κ1) is 41.5. The van der Waals surface area contributed by atoms with E-state index >= 15 is 0 Å². The number of thiophene rings is 1. The molecule has 0 radical (unpaired) electrons. The maximum absolute atomic E-state index is 2.49. The Balaban J connectivity index is 0.923. The van der Waals surface area contributed by atoms with E-state index in [0.717, 1.165) is 17.1 Å². The van der Waals surface area contributed by atoms with E-state index in [1.807, 2.05) is 11.3 Å². The van der Waals surface area contributed by atoms with Gasteiger partial charge in [-0.05, 0) is 177 Å². The van der Waals surface area contributed by atoms with Crippen LogP contribution in [-0.2, 0) is 10.8 Å². The Labute approximate surface area is 423 Å². The van der Waals surface area contributed by atoms with Crippen LogP contribution in [0.3, 0.4) is 0 Å². The first-order valence-corrected chi connectivity index (χ1v) is 26.1. The highest BCUT2D eigenvalue weighted by Crippen LogP contribution is 2.54. The van der Waals surface area contributed by atoms with Crippen LogP contribution >= 0.6 is 11.3 Å². The zero-order chi connectivity index (χ0) is 48.0. The summed E-state index contributed by atoms with van der Waals surface area (Å²) in [5.74, 6) is 0. The predicted molar refractivity (Wildman–Crippen MR) is 310 cm³/mol. The highest BCUT2D eigenvalue weighted by atomic mass is 32.1. The number of hydrogen-bond donors (Lipinski definition) is 0. The van der Waals surface area contributed by atoms with Gasteiger partial charge in [0.25, 0.3) is 0 Å². The van der Waals surface area contributed by atoms with Crippen molar-refractivity contribution in [3.05, 3.63) is 247 Å². The molecule has 0 spiro atoms. The van der Waals surface area contributed by atoms with Crippen LogP contribution in [0.15, 0.2) is 224 Å². The molecule has 15 rings (SSSR count). The van der Waals surface area contributed by atoms with Crippen LogP contribution in [0.2, 0.25) is 0 Å². The van der Waals surface area contributed by atoms with Gasteiger partial charge in [-0.1, -0.05) is 185 Å². The van der Waals surface area contributed by atoms with Gasteiger partial charge in [-0.2, -0.15) is 0 Å². The second-order valence-electron chi connectivity index (χ2n) is 21.2. The van der Waals surface area contributed by atoms with Gasteiger partial charge in [0.1, 0.15) is 0 Å². The third kappa shape index (κ3) is 5.88. The fourth-order valence-corrected chi connectivity index (χ4v) is 14.2. The quantitative estimate of drug-likeness (QED) is 0.155. The summed E-state index contributed by atoms with van der Waals surface area (Å²) in [4.78, 5) is 2.49. The van der Waals surface area contributed by atoms with Gasteiger partial charge >= 0.3 is 0 Å². The first-order valence-electron chi connectivity index (χ1n) is 25.3. The molecule has 13 aromatic rings. The summed E-state index contributed by atoms with van der Waals surface area (Å²) in [6.07, 6.45) is 0. The lowest BCUT2D eigenvalue weighted by molar-refractivity contribution is 0.660. The molecule has 72 heavy (non-hydrogen) atoms. The van der Waals surface area contributed by atoms with Gasteiger partial charge in [-0.25, -0.2) is 0 Å². The van der Waals surface area contributed by atoms with Crippen molar-refractivity contribution in [1.29, 1.82) is 0 Å².